The van der Waals surface area contributed by atoms with E-state index in [4.69, 9.17) is 5.73 Å². The van der Waals surface area contributed by atoms with Crippen LogP contribution in [0.5, 0.6) is 0 Å². The Balaban J connectivity index is 0.000000305. The molecule has 2 fully saturated rings. The van der Waals surface area contributed by atoms with E-state index >= 15 is 0 Å². The summed E-state index contributed by atoms with van der Waals surface area (Å²) in [7, 11) is 3.46. The van der Waals surface area contributed by atoms with Crippen molar-refractivity contribution >= 4 is 97.6 Å². The van der Waals surface area contributed by atoms with Crippen molar-refractivity contribution in [2.45, 2.75) is 50.9 Å². The van der Waals surface area contributed by atoms with Crippen molar-refractivity contribution < 1.29 is 37.5 Å². The van der Waals surface area contributed by atoms with E-state index in [1.165, 1.54) is 46.5 Å². The van der Waals surface area contributed by atoms with Crippen LogP contribution in [0, 0.1) is 0 Å². The van der Waals surface area contributed by atoms with Gasteiger partial charge in [-0.05, 0) is 43.7 Å². The maximum atomic E-state index is 13.1. The van der Waals surface area contributed by atoms with E-state index in [0.29, 0.717) is 37.6 Å². The Labute approximate surface area is 379 Å². The summed E-state index contributed by atoms with van der Waals surface area (Å²) in [6, 6.07) is 7.38. The minimum Gasteiger partial charge on any atom is -0.477 e. The number of rotatable bonds is 6. The fourth-order valence-corrected chi connectivity index (χ4v) is 7.31. The number of aromatic nitrogens is 4. The van der Waals surface area contributed by atoms with Crippen molar-refractivity contribution in [1.29, 1.82) is 0 Å². The molecule has 0 aromatic carbocycles. The molecule has 63 heavy (non-hydrogen) atoms. The summed E-state index contributed by atoms with van der Waals surface area (Å²) in [5.74, 6) is -1.39. The van der Waals surface area contributed by atoms with E-state index in [0.717, 1.165) is 25.2 Å². The minimum atomic E-state index is -4.44. The quantitative estimate of drug-likeness (QED) is 0.194. The molecule has 18 nitrogen and oxygen atoms in total. The molecule has 0 unspecified atom stereocenters. The molecule has 0 saturated carbocycles. The van der Waals surface area contributed by atoms with Crippen LogP contribution in [0.1, 0.15) is 53.6 Å². The molecule has 24 heteroatoms. The number of alkyl halides is 3. The largest absolute Gasteiger partial charge is 0.477 e. The highest BCUT2D eigenvalue weighted by molar-refractivity contribution is 7.59. The number of nitrogens with two attached hydrogens (primary N) is 1. The average Bonchev–Trinajstić information content (AvgIpc) is 3.82. The van der Waals surface area contributed by atoms with Gasteiger partial charge in [-0.1, -0.05) is 6.92 Å². The number of carbonyl (C=O) groups excluding carboxylic acids is 3. The van der Waals surface area contributed by atoms with Gasteiger partial charge in [0.1, 0.15) is 17.1 Å². The van der Waals surface area contributed by atoms with Gasteiger partial charge in [0.05, 0.1) is 29.9 Å². The van der Waals surface area contributed by atoms with Gasteiger partial charge in [0, 0.05) is 83.6 Å². The maximum absolute atomic E-state index is 13.1. The summed E-state index contributed by atoms with van der Waals surface area (Å²) in [6.07, 6.45) is 1.20. The minimum absolute atomic E-state index is 0. The number of urea groups is 2. The van der Waals surface area contributed by atoms with E-state index in [9.17, 15) is 47.0 Å². The maximum Gasteiger partial charge on any atom is 0.389 e. The first kappa shape index (κ1) is 51.6. The Kier molecular flexibility index (Phi) is 17.6. The van der Waals surface area contributed by atoms with Crippen LogP contribution in [-0.2, 0) is 14.1 Å². The van der Waals surface area contributed by atoms with Crippen LogP contribution in [0.15, 0.2) is 70.8 Å². The molecule has 4 aromatic rings. The van der Waals surface area contributed by atoms with Crippen LogP contribution in [0.3, 0.4) is 0 Å². The third-order valence-corrected chi connectivity index (χ3v) is 10.1. The molecule has 0 aliphatic carbocycles. The Morgan fingerprint density at radius 1 is 0.762 bits per heavy atom. The van der Waals surface area contributed by atoms with Crippen molar-refractivity contribution in [2.75, 3.05) is 63.0 Å². The predicted octanol–water partition coefficient (Wildman–Crippen LogP) is 4.66. The molecule has 2 saturated heterocycles. The number of halogens is 4. The topological polar surface area (TPSA) is 221 Å². The van der Waals surface area contributed by atoms with Gasteiger partial charge in [-0.3, -0.25) is 24.2 Å². The molecule has 5 N–H and O–H groups in total. The Morgan fingerprint density at radius 2 is 1.17 bits per heavy atom. The molecule has 4 aliphatic heterocycles. The number of aromatic carboxylic acids is 1. The van der Waals surface area contributed by atoms with Crippen LogP contribution in [0.4, 0.5) is 57.1 Å². The fraction of sp³-hybridized carbons (Fsp3) is 0.385. The zero-order valence-electron chi connectivity index (χ0n) is 34.4. The van der Waals surface area contributed by atoms with Crippen molar-refractivity contribution in [1.82, 2.24) is 19.1 Å². The monoisotopic (exact) mass is 939 g/mol. The molecule has 4 aromatic heterocycles. The summed E-state index contributed by atoms with van der Waals surface area (Å²) >= 11 is 0. The van der Waals surface area contributed by atoms with Crippen molar-refractivity contribution in [3.8, 4) is 0 Å². The number of carboxylic acids is 1. The van der Waals surface area contributed by atoms with Crippen LogP contribution in [0.2, 0.25) is 0 Å². The van der Waals surface area contributed by atoms with Crippen LogP contribution in [-0.4, -0.2) is 99.0 Å². The van der Waals surface area contributed by atoms with E-state index in [1.54, 1.807) is 47.8 Å². The van der Waals surface area contributed by atoms with Crippen molar-refractivity contribution in [3.63, 3.8) is 0 Å². The second-order valence-electron chi connectivity index (χ2n) is 14.5. The van der Waals surface area contributed by atoms with E-state index in [-0.39, 0.29) is 90.9 Å². The highest BCUT2D eigenvalue weighted by Crippen LogP contribution is 2.40. The van der Waals surface area contributed by atoms with Gasteiger partial charge in [-0.2, -0.15) is 40.2 Å². The highest BCUT2D eigenvalue weighted by Gasteiger charge is 2.42. The molecule has 2 atom stereocenters. The number of nitrogens with one attached hydrogen (secondary N) is 2. The number of fused-ring (bicyclic) bond motifs is 8. The number of nitrogens with zero attached hydrogens (tertiary/aromatic N) is 8. The smallest absolute Gasteiger partial charge is 0.389 e. The van der Waals surface area contributed by atoms with Gasteiger partial charge in [0.15, 0.2) is 23.1 Å². The fourth-order valence-electron chi connectivity index (χ4n) is 7.31. The molecule has 0 radical (unpaired) electrons. The molecule has 8 rings (SSSR count). The summed E-state index contributed by atoms with van der Waals surface area (Å²) in [5, 5.41) is 14.5. The second kappa shape index (κ2) is 21.5. The number of amides is 4. The number of ketones is 1. The summed E-state index contributed by atoms with van der Waals surface area (Å²) in [6.45, 7) is 5.32. The first-order valence-corrected chi connectivity index (χ1v) is 19.1. The number of carboxylic acid groups (broad SMARTS) is 1. The van der Waals surface area contributed by atoms with Gasteiger partial charge in [-0.25, -0.2) is 24.4 Å². The van der Waals surface area contributed by atoms with Crippen molar-refractivity contribution in [3.05, 3.63) is 93.0 Å². The first-order valence-electron chi connectivity index (χ1n) is 19.1. The Morgan fingerprint density at radius 3 is 1.59 bits per heavy atom. The molecule has 4 bridgehead atoms. The Bertz CT molecular complexity index is 2440. The van der Waals surface area contributed by atoms with Gasteiger partial charge in [-0.15, -0.1) is 12.4 Å². The van der Waals surface area contributed by atoms with Crippen LogP contribution >= 0.6 is 39.4 Å². The van der Waals surface area contributed by atoms with E-state index < -0.39 is 42.8 Å². The number of pyridine rings is 4. The standard InChI is InChI=1S/C20H20F3N5O3.C17H17N5O4.C2H7N.ClH.2H2S/c1-26-8-6-17(30)14(11-26)25-19(31)28-12-5-9-27(10-12)15-3-2-13(24-18(15)28)16(29)4-7-20(21,22)23;1-20-6-5-14(23)12(9-20)19-17(26)22-10-4-7-21(8-10)13-3-2-11(16(24)25)18-15(13)22;1-2-3;;;/h2-3,6,8,11-12H,4-5,7,9-10H2,1H3,(H,25,31);2-3,5-6,9-10H,4,7-8H2,1H3,(H,19,26)(H,24,25);2-3H2,1H3;1H;2*1H2/t12-;10-;;;;/m00..../s1. The third kappa shape index (κ3) is 11.8. The van der Waals surface area contributed by atoms with E-state index in [1.807, 2.05) is 11.8 Å². The molecule has 8 heterocycles. The molecular formula is C39H49ClF3N11O7S2. The molecule has 4 amide bonds. The lowest BCUT2D eigenvalue weighted by atomic mass is 10.1. The molecule has 342 valence electrons. The Hall–Kier alpha value is -5.78. The van der Waals surface area contributed by atoms with Gasteiger partial charge < -0.3 is 40.4 Å². The molecule has 4 aliphatic rings. The lowest BCUT2D eigenvalue weighted by Crippen LogP contribution is -2.48. The van der Waals surface area contributed by atoms with Crippen molar-refractivity contribution in [2.24, 2.45) is 19.8 Å². The van der Waals surface area contributed by atoms with Crippen LogP contribution < -0.4 is 46.8 Å². The molecular weight excluding hydrogens is 891 g/mol. The predicted molar refractivity (Wildman–Crippen MR) is 245 cm³/mol. The lowest BCUT2D eigenvalue weighted by molar-refractivity contribution is -0.133. The zero-order chi connectivity index (χ0) is 43.5. The number of Topliss-reactive ketones (excluding diaryl/α,β-unsaturated/α-hetero) is 1. The zero-order valence-corrected chi connectivity index (χ0v) is 37.2. The SMILES string of the molecule is CCN.Cl.Cn1ccc(=O)c(NC(=O)N2c3nc(C(=O)CCC(F)(F)F)ccc3N3CC[C@H]2C3)c1.Cn1ccc(=O)c(NC(=O)N2c3nc(C(=O)O)ccc3N3CC[C@H]2C3)c1.S.S. The van der Waals surface area contributed by atoms with Crippen LogP contribution in [0.25, 0.3) is 0 Å². The van der Waals surface area contributed by atoms with Gasteiger partial charge in [0.25, 0.3) is 0 Å². The summed E-state index contributed by atoms with van der Waals surface area (Å²) in [4.78, 5) is 89.0. The van der Waals surface area contributed by atoms with Gasteiger partial charge >= 0.3 is 24.2 Å². The first-order chi connectivity index (χ1) is 28.5. The second-order valence-corrected chi connectivity index (χ2v) is 14.5. The summed E-state index contributed by atoms with van der Waals surface area (Å²) in [5.41, 5.74) is 5.54. The lowest BCUT2D eigenvalue weighted by Gasteiger charge is -2.35. The molecule has 0 spiro atoms. The number of hydrogen-bond donors (Lipinski definition) is 4. The number of hydrogen-bond acceptors (Lipinski definition) is 11. The normalized spacial score (nSPS) is 16.2. The van der Waals surface area contributed by atoms with Gasteiger partial charge in [0.2, 0.25) is 10.9 Å². The van der Waals surface area contributed by atoms with E-state index in [2.05, 4.69) is 25.5 Å². The number of aryl methyl sites for hydroxylation is 2. The third-order valence-electron chi connectivity index (χ3n) is 10.1. The highest BCUT2D eigenvalue weighted by atomic mass is 35.5. The average molecular weight is 940 g/mol. The number of anilines is 6. The number of carbonyl (C=O) groups is 4. The summed E-state index contributed by atoms with van der Waals surface area (Å²) < 4.78 is 40.7.